The van der Waals surface area contributed by atoms with Gasteiger partial charge in [0.2, 0.25) is 0 Å². The van der Waals surface area contributed by atoms with E-state index >= 15 is 0 Å². The highest BCUT2D eigenvalue weighted by atomic mass is 16.5. The van der Waals surface area contributed by atoms with Crippen molar-refractivity contribution in [2.45, 2.75) is 32.1 Å². The van der Waals surface area contributed by atoms with Crippen LogP contribution in [0.5, 0.6) is 0 Å². The summed E-state index contributed by atoms with van der Waals surface area (Å²) in [4.78, 5) is 6.54. The second-order valence-electron chi connectivity index (χ2n) is 6.66. The van der Waals surface area contributed by atoms with E-state index < -0.39 is 0 Å². The second kappa shape index (κ2) is 8.21. The topological polar surface area (TPSA) is 56.1 Å². The van der Waals surface area contributed by atoms with Gasteiger partial charge in [-0.15, -0.1) is 5.10 Å². The molecule has 1 fully saturated rings. The molecule has 3 aromatic rings. The Hall–Kier alpha value is -2.57. The third-order valence-corrected chi connectivity index (χ3v) is 4.62. The molecule has 1 aliphatic rings. The Kier molecular flexibility index (Phi) is 5.33. The van der Waals surface area contributed by atoms with Crippen molar-refractivity contribution in [3.05, 3.63) is 72.3 Å². The molecular formula is C20H23N5O. The molecule has 0 amide bonds. The van der Waals surface area contributed by atoms with Crippen molar-refractivity contribution in [1.29, 1.82) is 0 Å². The van der Waals surface area contributed by atoms with Gasteiger partial charge in [0.25, 0.3) is 0 Å². The number of benzene rings is 1. The Morgan fingerprint density at radius 3 is 2.88 bits per heavy atom. The average molecular weight is 349 g/mol. The fraction of sp³-hybridized carbons (Fsp3) is 0.350. The number of nitrogens with zero attached hydrogens (tertiary/aromatic N) is 5. The summed E-state index contributed by atoms with van der Waals surface area (Å²) < 4.78 is 7.92. The zero-order valence-corrected chi connectivity index (χ0v) is 14.7. The average Bonchev–Trinajstić information content (AvgIpc) is 3.17. The van der Waals surface area contributed by atoms with Crippen molar-refractivity contribution in [3.63, 3.8) is 0 Å². The first-order chi connectivity index (χ1) is 12.9. The van der Waals surface area contributed by atoms with Gasteiger partial charge < -0.3 is 4.74 Å². The molecule has 0 N–H and O–H groups in total. The minimum Gasteiger partial charge on any atom is -0.372 e. The van der Waals surface area contributed by atoms with Crippen LogP contribution in [0.25, 0.3) is 5.69 Å². The van der Waals surface area contributed by atoms with Crippen LogP contribution in [0.2, 0.25) is 0 Å². The summed E-state index contributed by atoms with van der Waals surface area (Å²) >= 11 is 0. The molecule has 6 nitrogen and oxygen atoms in total. The van der Waals surface area contributed by atoms with Gasteiger partial charge in [0.15, 0.2) is 0 Å². The number of hydrogen-bond acceptors (Lipinski definition) is 5. The van der Waals surface area contributed by atoms with E-state index in [1.54, 1.807) is 6.20 Å². The highest BCUT2D eigenvalue weighted by molar-refractivity contribution is 5.29. The predicted molar refractivity (Wildman–Crippen MR) is 98.7 cm³/mol. The molecule has 1 atom stereocenters. The van der Waals surface area contributed by atoms with Crippen molar-refractivity contribution in [2.75, 3.05) is 13.1 Å². The second-order valence-corrected chi connectivity index (χ2v) is 6.66. The van der Waals surface area contributed by atoms with Crippen molar-refractivity contribution < 1.29 is 4.74 Å². The smallest absolute Gasteiger partial charge is 0.0971 e. The van der Waals surface area contributed by atoms with Crippen LogP contribution < -0.4 is 0 Å². The van der Waals surface area contributed by atoms with Crippen LogP contribution >= 0.6 is 0 Å². The lowest BCUT2D eigenvalue weighted by Gasteiger charge is -2.32. The zero-order chi connectivity index (χ0) is 17.6. The molecule has 2 aromatic heterocycles. The van der Waals surface area contributed by atoms with Gasteiger partial charge in [0.05, 0.1) is 30.3 Å². The fourth-order valence-electron chi connectivity index (χ4n) is 3.30. The first-order valence-electron chi connectivity index (χ1n) is 9.06. The van der Waals surface area contributed by atoms with Crippen molar-refractivity contribution in [1.82, 2.24) is 24.9 Å². The van der Waals surface area contributed by atoms with Crippen molar-refractivity contribution >= 4 is 0 Å². The van der Waals surface area contributed by atoms with E-state index in [4.69, 9.17) is 4.74 Å². The number of piperidine rings is 1. The molecule has 4 rings (SSSR count). The van der Waals surface area contributed by atoms with Gasteiger partial charge >= 0.3 is 0 Å². The number of aromatic nitrogens is 4. The van der Waals surface area contributed by atoms with Gasteiger partial charge in [-0.1, -0.05) is 29.5 Å². The summed E-state index contributed by atoms with van der Waals surface area (Å²) in [5.74, 6) is 0. The van der Waals surface area contributed by atoms with Crippen LogP contribution in [0, 0.1) is 0 Å². The summed E-state index contributed by atoms with van der Waals surface area (Å²) in [5, 5.41) is 8.58. The maximum atomic E-state index is 6.09. The summed E-state index contributed by atoms with van der Waals surface area (Å²) in [6.07, 6.45) is 8.16. The minimum atomic E-state index is 0.258. The Morgan fingerprint density at radius 2 is 2.04 bits per heavy atom. The highest BCUT2D eigenvalue weighted by Gasteiger charge is 2.21. The van der Waals surface area contributed by atoms with E-state index in [1.807, 2.05) is 53.5 Å². The molecule has 134 valence electrons. The number of pyridine rings is 1. The van der Waals surface area contributed by atoms with Crippen LogP contribution in [0.3, 0.4) is 0 Å². The van der Waals surface area contributed by atoms with Gasteiger partial charge in [-0.05, 0) is 43.1 Å². The minimum absolute atomic E-state index is 0.258. The number of ether oxygens (including phenoxy) is 1. The molecule has 3 heterocycles. The predicted octanol–water partition coefficient (Wildman–Crippen LogP) is 2.84. The normalized spacial score (nSPS) is 18.1. The molecule has 1 unspecified atom stereocenters. The molecule has 6 heteroatoms. The standard InChI is InChI=1S/C20H23N5O/c1-2-7-19(8-3-1)25-14-18(22-23-25)13-24-11-5-9-20(15-24)26-16-17-6-4-10-21-12-17/h1-4,6-8,10,12,14,20H,5,9,11,13,15-16H2. The summed E-state index contributed by atoms with van der Waals surface area (Å²) in [7, 11) is 0. The summed E-state index contributed by atoms with van der Waals surface area (Å²) in [6.45, 7) is 3.43. The lowest BCUT2D eigenvalue weighted by atomic mass is 10.1. The molecule has 0 bridgehead atoms. The van der Waals surface area contributed by atoms with Crippen LogP contribution in [-0.2, 0) is 17.9 Å². The fourth-order valence-corrected chi connectivity index (χ4v) is 3.30. The van der Waals surface area contributed by atoms with Crippen LogP contribution in [0.1, 0.15) is 24.1 Å². The van der Waals surface area contributed by atoms with Crippen molar-refractivity contribution in [3.8, 4) is 5.69 Å². The van der Waals surface area contributed by atoms with Crippen LogP contribution in [0.4, 0.5) is 0 Å². The molecule has 1 saturated heterocycles. The lowest BCUT2D eigenvalue weighted by Crippen LogP contribution is -2.39. The zero-order valence-electron chi connectivity index (χ0n) is 14.7. The Morgan fingerprint density at radius 1 is 1.12 bits per heavy atom. The number of rotatable bonds is 6. The monoisotopic (exact) mass is 349 g/mol. The van der Waals surface area contributed by atoms with E-state index in [9.17, 15) is 0 Å². The third-order valence-electron chi connectivity index (χ3n) is 4.62. The van der Waals surface area contributed by atoms with Gasteiger partial charge in [-0.25, -0.2) is 4.68 Å². The van der Waals surface area contributed by atoms with Gasteiger partial charge in [-0.3, -0.25) is 9.88 Å². The molecule has 1 aliphatic heterocycles. The first-order valence-corrected chi connectivity index (χ1v) is 9.06. The largest absolute Gasteiger partial charge is 0.372 e. The molecule has 0 spiro atoms. The maximum Gasteiger partial charge on any atom is 0.0971 e. The first kappa shape index (κ1) is 16.9. The van der Waals surface area contributed by atoms with E-state index in [0.29, 0.717) is 6.61 Å². The Balaban J connectivity index is 1.32. The summed E-state index contributed by atoms with van der Waals surface area (Å²) in [6, 6.07) is 14.1. The van der Waals surface area contributed by atoms with Gasteiger partial charge in [-0.2, -0.15) is 0 Å². The van der Waals surface area contributed by atoms with Crippen LogP contribution in [0.15, 0.2) is 61.1 Å². The SMILES string of the molecule is c1ccc(-n2cc(CN3CCCC(OCc4cccnc4)C3)nn2)cc1. The van der Waals surface area contributed by atoms with E-state index in [-0.39, 0.29) is 6.10 Å². The quantitative estimate of drug-likeness (QED) is 0.685. The number of para-hydroxylation sites is 1. The van der Waals surface area contributed by atoms with Crippen LogP contribution in [-0.4, -0.2) is 44.1 Å². The Bertz CT molecular complexity index is 805. The maximum absolute atomic E-state index is 6.09. The molecular weight excluding hydrogens is 326 g/mol. The van der Waals surface area contributed by atoms with E-state index in [2.05, 4.69) is 26.3 Å². The highest BCUT2D eigenvalue weighted by Crippen LogP contribution is 2.17. The third kappa shape index (κ3) is 4.33. The van der Waals surface area contributed by atoms with E-state index in [0.717, 1.165) is 49.4 Å². The lowest BCUT2D eigenvalue weighted by molar-refractivity contribution is -0.0124. The van der Waals surface area contributed by atoms with Crippen molar-refractivity contribution in [2.24, 2.45) is 0 Å². The molecule has 26 heavy (non-hydrogen) atoms. The van der Waals surface area contributed by atoms with Gasteiger partial charge in [0, 0.05) is 25.5 Å². The molecule has 1 aromatic carbocycles. The molecule has 0 saturated carbocycles. The number of hydrogen-bond donors (Lipinski definition) is 0. The Labute approximate surface area is 153 Å². The molecule has 0 aliphatic carbocycles. The van der Waals surface area contributed by atoms with Gasteiger partial charge in [0.1, 0.15) is 0 Å². The number of likely N-dealkylation sites (tertiary alicyclic amines) is 1. The summed E-state index contributed by atoms with van der Waals surface area (Å²) in [5.41, 5.74) is 3.14. The molecule has 0 radical (unpaired) electrons. The van der Waals surface area contributed by atoms with E-state index in [1.165, 1.54) is 0 Å².